The van der Waals surface area contributed by atoms with Crippen LogP contribution in [0.15, 0.2) is 40.6 Å². The molecule has 1 aromatic carbocycles. The van der Waals surface area contributed by atoms with Gasteiger partial charge in [0.05, 0.1) is 37.2 Å². The van der Waals surface area contributed by atoms with Gasteiger partial charge in [0.1, 0.15) is 11.4 Å². The molecule has 13 heteroatoms. The standard InChI is InChI=1S/C25H25N5O8/c1-37-21-15-11(10-4-6-30(25(26)36)18(10)20(21)32)7-13(27-15)23(33)29-5-3-9-12-8-14(24(34)35)28-16(12)22(38-2)19(31)17(9)29/h7-8,12,16,27-28,31-32H,3-6H2,1-2H3,(H2,26,36)(H,34,35). The number of carbonyl (C=O) groups is 3. The number of aliphatic hydroxyl groups excluding tert-OH is 1. The molecule has 1 aromatic heterocycles. The number of H-pyrrole nitrogens is 1. The van der Waals surface area contributed by atoms with Gasteiger partial charge in [0, 0.05) is 24.4 Å². The number of phenolic OH excluding ortho intramolecular Hbond substituents is 1. The Morgan fingerprint density at radius 1 is 1.11 bits per heavy atom. The number of rotatable bonds is 4. The molecule has 4 aliphatic rings. The molecule has 0 bridgehead atoms. The highest BCUT2D eigenvalue weighted by molar-refractivity contribution is 6.08. The van der Waals surface area contributed by atoms with Crippen LogP contribution in [-0.2, 0) is 16.0 Å². The number of anilines is 1. The van der Waals surface area contributed by atoms with Gasteiger partial charge >= 0.3 is 12.0 Å². The molecular formula is C25H25N5O8. The van der Waals surface area contributed by atoms with Gasteiger partial charge in [0.25, 0.3) is 5.91 Å². The Hall–Kier alpha value is -4.81. The van der Waals surface area contributed by atoms with E-state index in [4.69, 9.17) is 15.2 Å². The highest BCUT2D eigenvalue weighted by Gasteiger charge is 2.47. The van der Waals surface area contributed by atoms with Crippen LogP contribution >= 0.6 is 0 Å². The maximum Gasteiger partial charge on any atom is 0.351 e. The molecule has 0 radical (unpaired) electrons. The summed E-state index contributed by atoms with van der Waals surface area (Å²) < 4.78 is 10.9. The topological polar surface area (TPSA) is 191 Å². The van der Waals surface area contributed by atoms with Crippen molar-refractivity contribution >= 4 is 34.5 Å². The van der Waals surface area contributed by atoms with E-state index >= 15 is 0 Å². The third-order valence-corrected chi connectivity index (χ3v) is 7.68. The van der Waals surface area contributed by atoms with Crippen LogP contribution < -0.4 is 20.7 Å². The zero-order valence-electron chi connectivity index (χ0n) is 20.5. The molecule has 38 heavy (non-hydrogen) atoms. The van der Waals surface area contributed by atoms with Crippen molar-refractivity contribution in [2.24, 2.45) is 11.7 Å². The number of urea groups is 1. The zero-order valence-corrected chi connectivity index (χ0v) is 20.5. The molecule has 13 nitrogen and oxygen atoms in total. The summed E-state index contributed by atoms with van der Waals surface area (Å²) in [5.74, 6) is -2.24. The van der Waals surface area contributed by atoms with Crippen LogP contribution in [0, 0.1) is 5.92 Å². The van der Waals surface area contributed by atoms with E-state index in [1.807, 2.05) is 0 Å². The number of nitrogens with two attached hydrogens (primary N) is 1. The number of fused-ring (bicyclic) bond motifs is 5. The van der Waals surface area contributed by atoms with Gasteiger partial charge in [-0.25, -0.2) is 9.59 Å². The molecule has 4 heterocycles. The second-order valence-corrected chi connectivity index (χ2v) is 9.45. The Kier molecular flexibility index (Phi) is 5.02. The van der Waals surface area contributed by atoms with Gasteiger partial charge in [-0.3, -0.25) is 9.69 Å². The number of hydrogen-bond donors (Lipinski definition) is 6. The SMILES string of the molecule is COC1=C(O)C2=C(CCN2C(=O)c2cc3c4c(c(O)c(OC)c3[nH]2)N(C(N)=O)CC4)C2C=C(C(=O)O)NC12. The largest absolute Gasteiger partial charge is 0.503 e. The van der Waals surface area contributed by atoms with Crippen LogP contribution in [0.5, 0.6) is 11.5 Å². The smallest absolute Gasteiger partial charge is 0.351 e. The first-order valence-electron chi connectivity index (χ1n) is 11.9. The van der Waals surface area contributed by atoms with E-state index in [9.17, 15) is 29.7 Å². The van der Waals surface area contributed by atoms with Gasteiger partial charge in [-0.1, -0.05) is 0 Å². The minimum atomic E-state index is -1.12. The number of carbonyl (C=O) groups excluding carboxylic acids is 2. The second kappa shape index (κ2) is 8.10. The Bertz CT molecular complexity index is 1550. The fraction of sp³-hybridized carbons (Fsp3) is 0.320. The van der Waals surface area contributed by atoms with Crippen LogP contribution in [-0.4, -0.2) is 76.5 Å². The molecule has 198 valence electrons. The molecule has 0 saturated carbocycles. The average molecular weight is 524 g/mol. The predicted octanol–water partition coefficient (Wildman–Crippen LogP) is 1.41. The number of aromatic hydroxyl groups is 1. The third kappa shape index (κ3) is 3.01. The lowest BCUT2D eigenvalue weighted by Gasteiger charge is -2.31. The molecule has 1 aliphatic carbocycles. The maximum atomic E-state index is 13.8. The van der Waals surface area contributed by atoms with E-state index in [0.717, 1.165) is 5.57 Å². The number of aromatic nitrogens is 1. The van der Waals surface area contributed by atoms with Crippen molar-refractivity contribution in [2.75, 3.05) is 32.2 Å². The summed E-state index contributed by atoms with van der Waals surface area (Å²) >= 11 is 0. The van der Waals surface area contributed by atoms with Crippen LogP contribution in [0.4, 0.5) is 10.5 Å². The molecule has 2 atom stereocenters. The van der Waals surface area contributed by atoms with Crippen molar-refractivity contribution in [2.45, 2.75) is 18.9 Å². The second-order valence-electron chi connectivity index (χ2n) is 9.45. The first kappa shape index (κ1) is 23.6. The lowest BCUT2D eigenvalue weighted by Crippen LogP contribution is -2.38. The van der Waals surface area contributed by atoms with E-state index in [1.165, 1.54) is 24.0 Å². The molecule has 2 unspecified atom stereocenters. The van der Waals surface area contributed by atoms with Crippen molar-refractivity contribution in [3.8, 4) is 11.5 Å². The van der Waals surface area contributed by atoms with E-state index in [-0.39, 0.29) is 58.9 Å². The molecule has 0 fully saturated rings. The molecule has 0 spiro atoms. The minimum Gasteiger partial charge on any atom is -0.503 e. The van der Waals surface area contributed by atoms with Gasteiger partial charge in [0.2, 0.25) is 0 Å². The first-order chi connectivity index (χ1) is 18.2. The molecule has 3 aliphatic heterocycles. The number of benzene rings is 1. The lowest BCUT2D eigenvalue weighted by atomic mass is 9.85. The number of nitrogens with zero attached hydrogens (tertiary/aromatic N) is 2. The number of aliphatic carboxylic acids is 1. The average Bonchev–Trinajstić information content (AvgIpc) is 3.67. The summed E-state index contributed by atoms with van der Waals surface area (Å²) in [6.45, 7) is 0.535. The van der Waals surface area contributed by atoms with Gasteiger partial charge in [-0.2, -0.15) is 0 Å². The van der Waals surface area contributed by atoms with Gasteiger partial charge < -0.3 is 45.7 Å². The summed E-state index contributed by atoms with van der Waals surface area (Å²) in [5.41, 5.74) is 7.99. The molecule has 0 saturated heterocycles. The minimum absolute atomic E-state index is 0.00209. The Labute approximate surface area is 215 Å². The van der Waals surface area contributed by atoms with Crippen molar-refractivity contribution in [3.05, 3.63) is 51.9 Å². The first-order valence-corrected chi connectivity index (χ1v) is 11.9. The Morgan fingerprint density at radius 2 is 1.84 bits per heavy atom. The van der Waals surface area contributed by atoms with Crippen LogP contribution in [0.3, 0.4) is 0 Å². The van der Waals surface area contributed by atoms with Crippen molar-refractivity contribution in [3.63, 3.8) is 0 Å². The summed E-state index contributed by atoms with van der Waals surface area (Å²) in [4.78, 5) is 43.1. The van der Waals surface area contributed by atoms with Crippen molar-refractivity contribution in [1.82, 2.24) is 15.2 Å². The Balaban J connectivity index is 1.44. The van der Waals surface area contributed by atoms with Gasteiger partial charge in [-0.15, -0.1) is 0 Å². The number of aromatic amines is 1. The van der Waals surface area contributed by atoms with Crippen molar-refractivity contribution in [1.29, 1.82) is 0 Å². The summed E-state index contributed by atoms with van der Waals surface area (Å²) in [6.07, 6.45) is 2.43. The molecular weight excluding hydrogens is 498 g/mol. The van der Waals surface area contributed by atoms with E-state index in [0.29, 0.717) is 29.3 Å². The highest BCUT2D eigenvalue weighted by Crippen LogP contribution is 2.49. The fourth-order valence-corrected chi connectivity index (χ4v) is 6.10. The number of phenols is 1. The predicted molar refractivity (Wildman–Crippen MR) is 133 cm³/mol. The van der Waals surface area contributed by atoms with Crippen LogP contribution in [0.25, 0.3) is 10.9 Å². The number of amides is 3. The number of primary amides is 1. The molecule has 6 rings (SSSR count). The summed E-state index contributed by atoms with van der Waals surface area (Å²) in [7, 11) is 2.74. The quantitative estimate of drug-likeness (QED) is 0.344. The van der Waals surface area contributed by atoms with Crippen LogP contribution in [0.2, 0.25) is 0 Å². The van der Waals surface area contributed by atoms with Crippen LogP contribution in [0.1, 0.15) is 22.5 Å². The number of ether oxygens (including phenoxy) is 2. The molecule has 3 amide bonds. The van der Waals surface area contributed by atoms with E-state index in [2.05, 4.69) is 10.3 Å². The molecule has 2 aromatic rings. The Morgan fingerprint density at radius 3 is 2.50 bits per heavy atom. The van der Waals surface area contributed by atoms with E-state index in [1.54, 1.807) is 12.1 Å². The number of methoxy groups -OCH3 is 2. The van der Waals surface area contributed by atoms with E-state index < -0.39 is 29.9 Å². The normalized spacial score (nSPS) is 21.8. The molecule has 7 N–H and O–H groups in total. The lowest BCUT2D eigenvalue weighted by molar-refractivity contribution is -0.133. The zero-order chi connectivity index (χ0) is 27.0. The number of hydrogen-bond acceptors (Lipinski definition) is 8. The fourth-order valence-electron chi connectivity index (χ4n) is 6.10. The van der Waals surface area contributed by atoms with Crippen molar-refractivity contribution < 1.29 is 39.2 Å². The maximum absolute atomic E-state index is 13.8. The van der Waals surface area contributed by atoms with Gasteiger partial charge in [0.15, 0.2) is 23.0 Å². The summed E-state index contributed by atoms with van der Waals surface area (Å²) in [5, 5.41) is 35.0. The highest BCUT2D eigenvalue weighted by atomic mass is 16.5. The number of aliphatic hydroxyl groups is 1. The summed E-state index contributed by atoms with van der Waals surface area (Å²) in [6, 6.07) is 0.332. The number of carboxylic acids is 1. The third-order valence-electron chi connectivity index (χ3n) is 7.68. The van der Waals surface area contributed by atoms with Gasteiger partial charge in [-0.05, 0) is 36.1 Å². The monoisotopic (exact) mass is 523 g/mol. The number of carboxylic acid groups (broad SMARTS) is 1. The number of nitrogens with one attached hydrogen (secondary N) is 2.